The van der Waals surface area contributed by atoms with Crippen LogP contribution in [0.5, 0.6) is 0 Å². The van der Waals surface area contributed by atoms with Crippen molar-refractivity contribution < 1.29 is 13.2 Å². The van der Waals surface area contributed by atoms with E-state index in [0.717, 1.165) is 18.9 Å². The molecule has 0 spiro atoms. The van der Waals surface area contributed by atoms with Gasteiger partial charge in [-0.25, -0.2) is 13.2 Å². The number of hydrogen-bond acceptors (Lipinski definition) is 1. The van der Waals surface area contributed by atoms with Crippen LogP contribution in [0.25, 0.3) is 0 Å². The van der Waals surface area contributed by atoms with Crippen LogP contribution in [0.4, 0.5) is 13.2 Å². The topological polar surface area (TPSA) is 12.0 Å². The van der Waals surface area contributed by atoms with E-state index in [4.69, 9.17) is 0 Å². The smallest absolute Gasteiger partial charge is 0.194 e. The zero-order chi connectivity index (χ0) is 13.0. The van der Waals surface area contributed by atoms with E-state index in [1.54, 1.807) is 7.05 Å². The van der Waals surface area contributed by atoms with E-state index in [1.807, 2.05) is 13.8 Å². The van der Waals surface area contributed by atoms with Crippen molar-refractivity contribution in [3.8, 4) is 0 Å². The molecule has 1 N–H and O–H groups in total. The maximum atomic E-state index is 13.7. The van der Waals surface area contributed by atoms with E-state index in [0.29, 0.717) is 0 Å². The van der Waals surface area contributed by atoms with Crippen molar-refractivity contribution in [2.24, 2.45) is 5.92 Å². The first-order valence-electron chi connectivity index (χ1n) is 5.87. The molecule has 0 heterocycles. The van der Waals surface area contributed by atoms with Crippen LogP contribution in [-0.4, -0.2) is 7.05 Å². The van der Waals surface area contributed by atoms with E-state index < -0.39 is 17.5 Å². The Hall–Kier alpha value is -1.03. The highest BCUT2D eigenvalue weighted by Crippen LogP contribution is 2.30. The third-order valence-electron chi connectivity index (χ3n) is 3.23. The predicted octanol–water partition coefficient (Wildman–Crippen LogP) is 3.80. The fourth-order valence-corrected chi connectivity index (χ4v) is 2.19. The molecule has 0 saturated heterocycles. The normalized spacial score (nSPS) is 13.1. The summed E-state index contributed by atoms with van der Waals surface area (Å²) >= 11 is 0. The SMILES string of the molecule is CCC(CC)C(NC)c1ccc(F)c(F)c1F. The van der Waals surface area contributed by atoms with Crippen LogP contribution < -0.4 is 5.32 Å². The van der Waals surface area contributed by atoms with E-state index in [2.05, 4.69) is 5.32 Å². The molecular weight excluding hydrogens is 227 g/mol. The lowest BCUT2D eigenvalue weighted by Crippen LogP contribution is -2.26. The summed E-state index contributed by atoms with van der Waals surface area (Å²) < 4.78 is 39.7. The Kier molecular flexibility index (Phi) is 5.00. The minimum atomic E-state index is -1.39. The highest BCUT2D eigenvalue weighted by molar-refractivity contribution is 5.24. The molecule has 1 nitrogen and oxygen atoms in total. The molecule has 0 fully saturated rings. The minimum absolute atomic E-state index is 0.194. The Morgan fingerprint density at radius 1 is 1.06 bits per heavy atom. The molecule has 4 heteroatoms. The van der Waals surface area contributed by atoms with Gasteiger partial charge in [0.2, 0.25) is 0 Å². The van der Waals surface area contributed by atoms with Gasteiger partial charge >= 0.3 is 0 Å². The average molecular weight is 245 g/mol. The van der Waals surface area contributed by atoms with E-state index >= 15 is 0 Å². The molecule has 1 atom stereocenters. The summed E-state index contributed by atoms with van der Waals surface area (Å²) in [5.41, 5.74) is 0.195. The van der Waals surface area contributed by atoms with Gasteiger partial charge in [0, 0.05) is 11.6 Å². The average Bonchev–Trinajstić information content (AvgIpc) is 2.34. The Labute approximate surface area is 100 Å². The van der Waals surface area contributed by atoms with Gasteiger partial charge < -0.3 is 5.32 Å². The molecule has 96 valence electrons. The van der Waals surface area contributed by atoms with Crippen molar-refractivity contribution in [1.29, 1.82) is 0 Å². The predicted molar refractivity (Wildman–Crippen MR) is 62.2 cm³/mol. The second-order valence-electron chi connectivity index (χ2n) is 4.11. The van der Waals surface area contributed by atoms with Crippen LogP contribution in [0.2, 0.25) is 0 Å². The highest BCUT2D eigenvalue weighted by Gasteiger charge is 2.24. The van der Waals surface area contributed by atoms with Crippen LogP contribution in [0.1, 0.15) is 38.3 Å². The quantitative estimate of drug-likeness (QED) is 0.778. The van der Waals surface area contributed by atoms with Gasteiger partial charge in [0.15, 0.2) is 17.5 Å². The van der Waals surface area contributed by atoms with Gasteiger partial charge in [0.05, 0.1) is 0 Å². The highest BCUT2D eigenvalue weighted by atomic mass is 19.2. The molecule has 0 aliphatic heterocycles. The summed E-state index contributed by atoms with van der Waals surface area (Å²) in [7, 11) is 1.70. The summed E-state index contributed by atoms with van der Waals surface area (Å²) in [6.07, 6.45) is 1.70. The van der Waals surface area contributed by atoms with Crippen molar-refractivity contribution in [2.75, 3.05) is 7.05 Å². The standard InChI is InChI=1S/C13H18F3N/c1-4-8(5-2)13(17-3)9-6-7-10(14)12(16)11(9)15/h6-8,13,17H,4-5H2,1-3H3. The summed E-state index contributed by atoms with van der Waals surface area (Å²) in [4.78, 5) is 0. The maximum absolute atomic E-state index is 13.7. The van der Waals surface area contributed by atoms with Gasteiger partial charge in [0.25, 0.3) is 0 Å². The molecule has 0 aliphatic rings. The summed E-state index contributed by atoms with van der Waals surface area (Å²) in [6, 6.07) is 1.99. The third kappa shape index (κ3) is 2.80. The van der Waals surface area contributed by atoms with Crippen LogP contribution in [0, 0.1) is 23.4 Å². The molecule has 0 bridgehead atoms. The molecule has 1 unspecified atom stereocenters. The van der Waals surface area contributed by atoms with Gasteiger partial charge in [0.1, 0.15) is 0 Å². The molecule has 0 aromatic heterocycles. The van der Waals surface area contributed by atoms with Gasteiger partial charge in [-0.1, -0.05) is 32.8 Å². The van der Waals surface area contributed by atoms with Crippen LogP contribution in [0.15, 0.2) is 12.1 Å². The first-order chi connectivity index (χ1) is 8.06. The van der Waals surface area contributed by atoms with Crippen molar-refractivity contribution in [3.05, 3.63) is 35.1 Å². The Morgan fingerprint density at radius 2 is 1.65 bits per heavy atom. The molecule has 0 amide bonds. The number of benzene rings is 1. The minimum Gasteiger partial charge on any atom is -0.313 e. The van der Waals surface area contributed by atoms with Crippen molar-refractivity contribution in [3.63, 3.8) is 0 Å². The monoisotopic (exact) mass is 245 g/mol. The summed E-state index contributed by atoms with van der Waals surface area (Å²) in [5.74, 6) is -3.44. The fourth-order valence-electron chi connectivity index (χ4n) is 2.19. The summed E-state index contributed by atoms with van der Waals surface area (Å²) in [5, 5.41) is 2.98. The molecule has 0 aliphatic carbocycles. The number of halogens is 3. The molecule has 1 aromatic rings. The zero-order valence-corrected chi connectivity index (χ0v) is 10.4. The number of nitrogens with one attached hydrogen (secondary N) is 1. The maximum Gasteiger partial charge on any atom is 0.194 e. The first-order valence-corrected chi connectivity index (χ1v) is 5.87. The van der Waals surface area contributed by atoms with E-state index in [-0.39, 0.29) is 17.5 Å². The number of rotatable bonds is 5. The second-order valence-corrected chi connectivity index (χ2v) is 4.11. The Balaban J connectivity index is 3.16. The van der Waals surface area contributed by atoms with Gasteiger partial charge in [-0.05, 0) is 19.0 Å². The van der Waals surface area contributed by atoms with Crippen molar-refractivity contribution in [1.82, 2.24) is 5.32 Å². The molecule has 17 heavy (non-hydrogen) atoms. The number of hydrogen-bond donors (Lipinski definition) is 1. The molecule has 1 rings (SSSR count). The lowest BCUT2D eigenvalue weighted by molar-refractivity contribution is 0.341. The molecule has 0 saturated carbocycles. The Morgan fingerprint density at radius 3 is 2.12 bits per heavy atom. The van der Waals surface area contributed by atoms with Crippen molar-refractivity contribution in [2.45, 2.75) is 32.7 Å². The lowest BCUT2D eigenvalue weighted by atomic mass is 9.88. The van der Waals surface area contributed by atoms with Gasteiger partial charge in [-0.15, -0.1) is 0 Å². The molecular formula is C13H18F3N. The zero-order valence-electron chi connectivity index (χ0n) is 10.4. The van der Waals surface area contributed by atoms with Crippen LogP contribution >= 0.6 is 0 Å². The second kappa shape index (κ2) is 6.05. The van der Waals surface area contributed by atoms with E-state index in [9.17, 15) is 13.2 Å². The Bertz CT molecular complexity index is 375. The van der Waals surface area contributed by atoms with Crippen LogP contribution in [0.3, 0.4) is 0 Å². The van der Waals surface area contributed by atoms with Gasteiger partial charge in [-0.2, -0.15) is 0 Å². The largest absolute Gasteiger partial charge is 0.313 e. The first kappa shape index (κ1) is 14.0. The summed E-state index contributed by atoms with van der Waals surface area (Å²) in [6.45, 7) is 3.99. The third-order valence-corrected chi connectivity index (χ3v) is 3.23. The molecule has 1 aromatic carbocycles. The fraction of sp³-hybridized carbons (Fsp3) is 0.538. The van der Waals surface area contributed by atoms with E-state index in [1.165, 1.54) is 6.07 Å². The lowest BCUT2D eigenvalue weighted by Gasteiger charge is -2.25. The van der Waals surface area contributed by atoms with Gasteiger partial charge in [-0.3, -0.25) is 0 Å². The van der Waals surface area contributed by atoms with Crippen LogP contribution in [-0.2, 0) is 0 Å². The van der Waals surface area contributed by atoms with Crippen molar-refractivity contribution >= 4 is 0 Å². The molecule has 0 radical (unpaired) electrons.